The Bertz CT molecular complexity index is 371. The van der Waals surface area contributed by atoms with E-state index in [0.29, 0.717) is 11.9 Å². The van der Waals surface area contributed by atoms with E-state index in [-0.39, 0.29) is 5.41 Å². The first-order chi connectivity index (χ1) is 9.73. The lowest BCUT2D eigenvalue weighted by atomic mass is 9.61. The van der Waals surface area contributed by atoms with Crippen LogP contribution in [0.2, 0.25) is 0 Å². The van der Waals surface area contributed by atoms with Crippen LogP contribution in [0, 0.1) is 23.2 Å². The molecule has 112 valence electrons. The standard InChI is InChI=1S/C18H29NO/c20-17(19-16-4-2-1-3-5-16)18-7-6-13-8-14(11-18)10-15(9-13)12-18/h13-16H,1-12H2,(H,19,20). The molecule has 0 aromatic carbocycles. The molecule has 0 aromatic heterocycles. The van der Waals surface area contributed by atoms with Crippen LogP contribution in [0.15, 0.2) is 0 Å². The van der Waals surface area contributed by atoms with Crippen molar-refractivity contribution in [2.45, 2.75) is 83.1 Å². The summed E-state index contributed by atoms with van der Waals surface area (Å²) in [4.78, 5) is 13.0. The molecule has 1 N–H and O–H groups in total. The number of hydrogen-bond acceptors (Lipinski definition) is 1. The summed E-state index contributed by atoms with van der Waals surface area (Å²) in [6.45, 7) is 0. The molecule has 0 spiro atoms. The smallest absolute Gasteiger partial charge is 0.226 e. The molecule has 0 aliphatic heterocycles. The van der Waals surface area contributed by atoms with E-state index in [2.05, 4.69) is 5.32 Å². The molecule has 1 amide bonds. The second-order valence-electron chi connectivity index (χ2n) is 8.34. The Balaban J connectivity index is 1.49. The number of fused-ring (bicyclic) bond motifs is 1. The van der Waals surface area contributed by atoms with E-state index in [4.69, 9.17) is 0 Å². The van der Waals surface area contributed by atoms with Gasteiger partial charge in [-0.2, -0.15) is 0 Å². The molecule has 4 bridgehead atoms. The summed E-state index contributed by atoms with van der Waals surface area (Å²) in [7, 11) is 0. The Kier molecular flexibility index (Phi) is 3.31. The van der Waals surface area contributed by atoms with Crippen molar-refractivity contribution in [2.75, 3.05) is 0 Å². The molecule has 2 heteroatoms. The summed E-state index contributed by atoms with van der Waals surface area (Å²) in [5.41, 5.74) is 0.0380. The maximum absolute atomic E-state index is 13.0. The lowest BCUT2D eigenvalue weighted by molar-refractivity contribution is -0.136. The fourth-order valence-corrected chi connectivity index (χ4v) is 6.03. The van der Waals surface area contributed by atoms with Crippen LogP contribution in [0.4, 0.5) is 0 Å². The quantitative estimate of drug-likeness (QED) is 0.809. The predicted octanol–water partition coefficient (Wildman–Crippen LogP) is 4.04. The highest BCUT2D eigenvalue weighted by Crippen LogP contribution is 2.57. The summed E-state index contributed by atoms with van der Waals surface area (Å²) in [6, 6.07) is 0.490. The average molecular weight is 275 g/mol. The molecule has 0 heterocycles. The maximum Gasteiger partial charge on any atom is 0.226 e. The van der Waals surface area contributed by atoms with Crippen molar-refractivity contribution in [1.29, 1.82) is 0 Å². The van der Waals surface area contributed by atoms with E-state index in [9.17, 15) is 4.79 Å². The minimum absolute atomic E-state index is 0.0380. The molecule has 0 aromatic rings. The van der Waals surface area contributed by atoms with Crippen LogP contribution < -0.4 is 5.32 Å². The second kappa shape index (κ2) is 5.03. The summed E-state index contributed by atoms with van der Waals surface area (Å²) in [5.74, 6) is 3.13. The van der Waals surface area contributed by atoms with E-state index >= 15 is 0 Å². The van der Waals surface area contributed by atoms with Gasteiger partial charge in [0.2, 0.25) is 5.91 Å². The Morgan fingerprint density at radius 3 is 2.20 bits per heavy atom. The van der Waals surface area contributed by atoms with E-state index in [0.717, 1.165) is 17.8 Å². The van der Waals surface area contributed by atoms with Crippen LogP contribution in [0.3, 0.4) is 0 Å². The van der Waals surface area contributed by atoms with Crippen molar-refractivity contribution in [3.63, 3.8) is 0 Å². The van der Waals surface area contributed by atoms with Crippen LogP contribution in [0.5, 0.6) is 0 Å². The zero-order valence-electron chi connectivity index (χ0n) is 12.7. The Morgan fingerprint density at radius 2 is 1.50 bits per heavy atom. The molecular weight excluding hydrogens is 246 g/mol. The van der Waals surface area contributed by atoms with E-state index < -0.39 is 0 Å². The van der Waals surface area contributed by atoms with Crippen LogP contribution >= 0.6 is 0 Å². The maximum atomic E-state index is 13.0. The van der Waals surface area contributed by atoms with Gasteiger partial charge in [-0.25, -0.2) is 0 Å². The summed E-state index contributed by atoms with van der Waals surface area (Å²) < 4.78 is 0. The van der Waals surface area contributed by atoms with E-state index in [1.54, 1.807) is 0 Å². The molecule has 5 saturated carbocycles. The zero-order valence-corrected chi connectivity index (χ0v) is 12.7. The minimum Gasteiger partial charge on any atom is -0.353 e. The average Bonchev–Trinajstić information content (AvgIpc) is 2.65. The number of hydrogen-bond donors (Lipinski definition) is 1. The van der Waals surface area contributed by atoms with Crippen molar-refractivity contribution in [3.05, 3.63) is 0 Å². The molecule has 20 heavy (non-hydrogen) atoms. The minimum atomic E-state index is 0.0380. The fraction of sp³-hybridized carbons (Fsp3) is 0.944. The molecule has 5 fully saturated rings. The lowest BCUT2D eigenvalue weighted by Crippen LogP contribution is -2.49. The first kappa shape index (κ1) is 13.2. The van der Waals surface area contributed by atoms with Crippen LogP contribution in [-0.2, 0) is 4.79 Å². The molecule has 0 saturated heterocycles. The highest BCUT2D eigenvalue weighted by atomic mass is 16.2. The van der Waals surface area contributed by atoms with Gasteiger partial charge in [0, 0.05) is 11.5 Å². The van der Waals surface area contributed by atoms with Crippen molar-refractivity contribution < 1.29 is 4.79 Å². The number of nitrogens with one attached hydrogen (secondary N) is 1. The van der Waals surface area contributed by atoms with Crippen molar-refractivity contribution in [3.8, 4) is 0 Å². The van der Waals surface area contributed by atoms with Gasteiger partial charge in [0.1, 0.15) is 0 Å². The Morgan fingerprint density at radius 1 is 0.850 bits per heavy atom. The molecule has 5 aliphatic carbocycles. The summed E-state index contributed by atoms with van der Waals surface area (Å²) >= 11 is 0. The SMILES string of the molecule is O=C(NC1CCCCC1)C12CCC3CC(CC(C3)C1)C2. The van der Waals surface area contributed by atoms with Gasteiger partial charge in [-0.15, -0.1) is 0 Å². The third-order valence-corrected chi connectivity index (χ3v) is 6.81. The Hall–Kier alpha value is -0.530. The van der Waals surface area contributed by atoms with Crippen molar-refractivity contribution >= 4 is 5.91 Å². The highest BCUT2D eigenvalue weighted by molar-refractivity contribution is 5.83. The van der Waals surface area contributed by atoms with Gasteiger partial charge in [-0.3, -0.25) is 4.79 Å². The second-order valence-corrected chi connectivity index (χ2v) is 8.34. The van der Waals surface area contributed by atoms with Crippen molar-refractivity contribution in [2.24, 2.45) is 23.2 Å². The van der Waals surface area contributed by atoms with Gasteiger partial charge in [0.15, 0.2) is 0 Å². The van der Waals surface area contributed by atoms with Gasteiger partial charge >= 0.3 is 0 Å². The Labute approximate surface area is 123 Å². The predicted molar refractivity (Wildman–Crippen MR) is 80.2 cm³/mol. The molecule has 2 nitrogen and oxygen atoms in total. The van der Waals surface area contributed by atoms with Gasteiger partial charge < -0.3 is 5.32 Å². The molecule has 0 radical (unpaired) electrons. The van der Waals surface area contributed by atoms with Crippen LogP contribution in [0.1, 0.15) is 77.0 Å². The molecule has 2 atom stereocenters. The van der Waals surface area contributed by atoms with Crippen molar-refractivity contribution in [1.82, 2.24) is 5.32 Å². The normalized spacial score (nSPS) is 44.3. The molecular formula is C18H29NO. The third kappa shape index (κ3) is 2.29. The summed E-state index contributed by atoms with van der Waals surface area (Å²) in [6.07, 6.45) is 15.6. The largest absolute Gasteiger partial charge is 0.353 e. The van der Waals surface area contributed by atoms with Crippen LogP contribution in [0.25, 0.3) is 0 Å². The molecule has 5 aliphatic rings. The van der Waals surface area contributed by atoms with E-state index in [1.165, 1.54) is 77.0 Å². The summed E-state index contributed by atoms with van der Waals surface area (Å²) in [5, 5.41) is 3.46. The zero-order chi connectivity index (χ0) is 13.6. The monoisotopic (exact) mass is 275 g/mol. The number of amides is 1. The molecule has 5 rings (SSSR count). The fourth-order valence-electron chi connectivity index (χ4n) is 6.03. The first-order valence-corrected chi connectivity index (χ1v) is 9.04. The number of rotatable bonds is 2. The third-order valence-electron chi connectivity index (χ3n) is 6.81. The molecule has 2 unspecified atom stereocenters. The lowest BCUT2D eigenvalue weighted by Gasteiger charge is -2.44. The van der Waals surface area contributed by atoms with Gasteiger partial charge in [-0.05, 0) is 75.5 Å². The van der Waals surface area contributed by atoms with Crippen LogP contribution in [-0.4, -0.2) is 11.9 Å². The first-order valence-electron chi connectivity index (χ1n) is 9.04. The number of carbonyl (C=O) groups is 1. The number of carbonyl (C=O) groups excluding carboxylic acids is 1. The van der Waals surface area contributed by atoms with Gasteiger partial charge in [-0.1, -0.05) is 19.3 Å². The highest BCUT2D eigenvalue weighted by Gasteiger charge is 2.51. The van der Waals surface area contributed by atoms with Gasteiger partial charge in [0.25, 0.3) is 0 Å². The van der Waals surface area contributed by atoms with Gasteiger partial charge in [0.05, 0.1) is 0 Å². The topological polar surface area (TPSA) is 29.1 Å². The van der Waals surface area contributed by atoms with E-state index in [1.807, 2.05) is 0 Å².